The van der Waals surface area contributed by atoms with E-state index >= 15 is 0 Å². The zero-order valence-corrected chi connectivity index (χ0v) is 22.9. The van der Waals surface area contributed by atoms with Gasteiger partial charge in [-0.2, -0.15) is 0 Å². The largest absolute Gasteiger partial charge is 0.369 e. The molecule has 0 bridgehead atoms. The maximum atomic E-state index is 13.4. The molecule has 5 nitrogen and oxygen atoms in total. The molecule has 1 saturated carbocycles. The number of Topliss-reactive ketones (excluding diaryl/α,β-unsaturated/α-hetero) is 1. The quantitative estimate of drug-likeness (QED) is 0.473. The van der Waals surface area contributed by atoms with Crippen molar-refractivity contribution in [2.75, 3.05) is 31.6 Å². The van der Waals surface area contributed by atoms with Crippen LogP contribution in [0.2, 0.25) is 0 Å². The summed E-state index contributed by atoms with van der Waals surface area (Å²) in [5.74, 6) is -0.0580. The van der Waals surface area contributed by atoms with Gasteiger partial charge in [0.05, 0.1) is 6.54 Å². The molecule has 0 spiro atoms. The number of nitrogens with one attached hydrogen (secondary N) is 1. The van der Waals surface area contributed by atoms with E-state index in [1.165, 1.54) is 0 Å². The van der Waals surface area contributed by atoms with Crippen molar-refractivity contribution in [3.8, 4) is 0 Å². The lowest BCUT2D eigenvalue weighted by atomic mass is 9.88. The molecule has 4 rings (SSSR count). The normalized spacial score (nSPS) is 23.7. The molecule has 3 aliphatic rings. The minimum Gasteiger partial charge on any atom is -0.369 e. The number of hydrogen-bond acceptors (Lipinski definition) is 4. The highest BCUT2D eigenvalue weighted by molar-refractivity contribution is 6.02. The first-order valence-corrected chi connectivity index (χ1v) is 14.0. The zero-order valence-electron chi connectivity index (χ0n) is 22.9. The fourth-order valence-corrected chi connectivity index (χ4v) is 6.31. The summed E-state index contributed by atoms with van der Waals surface area (Å²) in [5, 5.41) is 3.04. The topological polar surface area (TPSA) is 52.7 Å². The van der Waals surface area contributed by atoms with Gasteiger partial charge in [-0.05, 0) is 89.1 Å². The van der Waals surface area contributed by atoms with E-state index in [-0.39, 0.29) is 30.8 Å². The molecule has 1 aromatic carbocycles. The molecule has 38 heavy (non-hydrogen) atoms. The number of benzene rings is 1. The Balaban J connectivity index is 1.57. The summed E-state index contributed by atoms with van der Waals surface area (Å²) in [5.41, 5.74) is 5.54. The number of ketones is 1. The summed E-state index contributed by atoms with van der Waals surface area (Å²) in [6, 6.07) is 6.41. The highest BCUT2D eigenvalue weighted by Crippen LogP contribution is 2.33. The second-order valence-corrected chi connectivity index (χ2v) is 10.9. The van der Waals surface area contributed by atoms with Crippen molar-refractivity contribution in [3.63, 3.8) is 0 Å². The Bertz CT molecular complexity index is 1120. The SMILES string of the molecule is CCN(c1cccc2c1C/C=C/CCC1=C(CNC2=O)C(=O)CC(C)=C1)C1CCC(N(C)CC(F)F)CC1. The average Bonchev–Trinajstić information content (AvgIpc) is 2.88. The van der Waals surface area contributed by atoms with Crippen LogP contribution in [0.25, 0.3) is 0 Å². The highest BCUT2D eigenvalue weighted by Gasteiger charge is 2.30. The van der Waals surface area contributed by atoms with Crippen LogP contribution in [0.1, 0.15) is 74.7 Å². The molecule has 1 heterocycles. The molecule has 7 heteroatoms. The molecule has 2 aliphatic carbocycles. The lowest BCUT2D eigenvalue weighted by molar-refractivity contribution is -0.115. The molecule has 0 aromatic heterocycles. The van der Waals surface area contributed by atoms with Crippen LogP contribution in [0, 0.1) is 0 Å². The Morgan fingerprint density at radius 1 is 1.08 bits per heavy atom. The van der Waals surface area contributed by atoms with Gasteiger partial charge in [0.15, 0.2) is 5.78 Å². The summed E-state index contributed by atoms with van der Waals surface area (Å²) >= 11 is 0. The molecule has 0 saturated heterocycles. The van der Waals surface area contributed by atoms with Crippen molar-refractivity contribution in [1.82, 2.24) is 10.2 Å². The Kier molecular flexibility index (Phi) is 9.53. The van der Waals surface area contributed by atoms with Crippen LogP contribution >= 0.6 is 0 Å². The van der Waals surface area contributed by atoms with Gasteiger partial charge in [-0.1, -0.05) is 29.9 Å². The van der Waals surface area contributed by atoms with E-state index in [4.69, 9.17) is 0 Å². The van der Waals surface area contributed by atoms with Gasteiger partial charge in [-0.25, -0.2) is 8.78 Å². The van der Waals surface area contributed by atoms with Gasteiger partial charge in [0.2, 0.25) is 0 Å². The number of carbonyl (C=O) groups is 2. The lowest BCUT2D eigenvalue weighted by Gasteiger charge is -2.41. The first kappa shape index (κ1) is 28.2. The number of anilines is 1. The Morgan fingerprint density at radius 2 is 1.82 bits per heavy atom. The Labute approximate surface area is 225 Å². The maximum absolute atomic E-state index is 13.4. The van der Waals surface area contributed by atoms with E-state index in [2.05, 4.69) is 41.4 Å². The molecule has 1 N–H and O–H groups in total. The van der Waals surface area contributed by atoms with Crippen molar-refractivity contribution in [1.29, 1.82) is 0 Å². The Hall–Kier alpha value is -2.80. The molecular formula is C31H41F2N3O2. The van der Waals surface area contributed by atoms with Crippen LogP contribution in [0.3, 0.4) is 0 Å². The molecular weight excluding hydrogens is 484 g/mol. The van der Waals surface area contributed by atoms with Gasteiger partial charge in [-0.15, -0.1) is 0 Å². The van der Waals surface area contributed by atoms with Crippen molar-refractivity contribution in [2.24, 2.45) is 0 Å². The van der Waals surface area contributed by atoms with E-state index in [1.807, 2.05) is 19.1 Å². The number of alkyl halides is 2. The van der Waals surface area contributed by atoms with E-state index < -0.39 is 6.43 Å². The maximum Gasteiger partial charge on any atom is 0.251 e. The molecule has 1 aliphatic heterocycles. The first-order chi connectivity index (χ1) is 18.3. The molecule has 1 fully saturated rings. The van der Waals surface area contributed by atoms with Crippen LogP contribution in [-0.2, 0) is 11.2 Å². The number of nitrogens with zero attached hydrogens (tertiary/aromatic N) is 2. The van der Waals surface area contributed by atoms with Crippen molar-refractivity contribution in [3.05, 3.63) is 64.3 Å². The average molecular weight is 526 g/mol. The van der Waals surface area contributed by atoms with Gasteiger partial charge in [0.1, 0.15) is 0 Å². The first-order valence-electron chi connectivity index (χ1n) is 14.0. The minimum atomic E-state index is -2.31. The predicted octanol–water partition coefficient (Wildman–Crippen LogP) is 5.86. The molecule has 0 radical (unpaired) electrons. The van der Waals surface area contributed by atoms with Gasteiger partial charge < -0.3 is 10.2 Å². The van der Waals surface area contributed by atoms with Crippen molar-refractivity contribution in [2.45, 2.75) is 83.7 Å². The molecule has 0 atom stereocenters. The van der Waals surface area contributed by atoms with E-state index in [0.29, 0.717) is 24.4 Å². The second kappa shape index (κ2) is 12.8. The lowest BCUT2D eigenvalue weighted by Crippen LogP contribution is -2.44. The van der Waals surface area contributed by atoms with Gasteiger partial charge >= 0.3 is 0 Å². The number of rotatable bonds is 6. The third-order valence-electron chi connectivity index (χ3n) is 8.28. The summed E-state index contributed by atoms with van der Waals surface area (Å²) < 4.78 is 25.8. The van der Waals surface area contributed by atoms with Crippen LogP contribution in [0.4, 0.5) is 14.5 Å². The predicted molar refractivity (Wildman–Crippen MR) is 149 cm³/mol. The summed E-state index contributed by atoms with van der Waals surface area (Å²) in [6.45, 7) is 4.99. The van der Waals surface area contributed by atoms with Gasteiger partial charge in [-0.3, -0.25) is 14.5 Å². The minimum absolute atomic E-state index is 0.0993. The number of amides is 1. The number of allylic oxidation sites excluding steroid dienone is 5. The summed E-state index contributed by atoms with van der Waals surface area (Å²) in [6.07, 6.45) is 10.4. The number of carbonyl (C=O) groups excluding carboxylic acids is 2. The number of fused-ring (bicyclic) bond motifs is 1. The third-order valence-corrected chi connectivity index (χ3v) is 8.28. The monoisotopic (exact) mass is 525 g/mol. The Morgan fingerprint density at radius 3 is 2.53 bits per heavy atom. The highest BCUT2D eigenvalue weighted by atomic mass is 19.3. The van der Waals surface area contributed by atoms with Crippen molar-refractivity contribution >= 4 is 17.4 Å². The fraction of sp³-hybridized carbons (Fsp3) is 0.548. The van der Waals surface area contributed by atoms with E-state index in [0.717, 1.165) is 73.0 Å². The standard InChI is InChI=1S/C31H41F2N3O2/c1-4-36(24-15-13-23(14-16-24)35(3)20-30(32)33)28-12-8-11-26-25(28)10-7-5-6-9-22-17-21(2)18-29(37)27(22)19-34-31(26)38/h5,7-8,11-12,17,23-24,30H,4,6,9-10,13-16,18-20H2,1-3H3,(H,34,38)/b7-5+. The second-order valence-electron chi connectivity index (χ2n) is 10.9. The van der Waals surface area contributed by atoms with E-state index in [1.54, 1.807) is 11.9 Å². The van der Waals surface area contributed by atoms with Crippen molar-refractivity contribution < 1.29 is 18.4 Å². The summed E-state index contributed by atoms with van der Waals surface area (Å²) in [4.78, 5) is 30.4. The molecule has 1 amide bonds. The van der Waals surface area contributed by atoms with E-state index in [9.17, 15) is 18.4 Å². The summed E-state index contributed by atoms with van der Waals surface area (Å²) in [7, 11) is 1.80. The number of hydrogen-bond donors (Lipinski definition) is 1. The van der Waals surface area contributed by atoms with Gasteiger partial charge in [0, 0.05) is 48.4 Å². The van der Waals surface area contributed by atoms with Crippen LogP contribution in [-0.4, -0.2) is 61.8 Å². The van der Waals surface area contributed by atoms with Crippen LogP contribution < -0.4 is 10.2 Å². The molecule has 206 valence electrons. The molecule has 0 unspecified atom stereocenters. The third kappa shape index (κ3) is 6.60. The zero-order chi connectivity index (χ0) is 27.2. The van der Waals surface area contributed by atoms with Crippen LogP contribution in [0.15, 0.2) is 53.1 Å². The number of halogens is 2. The van der Waals surface area contributed by atoms with Gasteiger partial charge in [0.25, 0.3) is 12.3 Å². The molecule has 1 aromatic rings. The van der Waals surface area contributed by atoms with Crippen LogP contribution in [0.5, 0.6) is 0 Å². The fourth-order valence-electron chi connectivity index (χ4n) is 6.31. The smallest absolute Gasteiger partial charge is 0.251 e.